The van der Waals surface area contributed by atoms with Gasteiger partial charge >= 0.3 is 0 Å². The third kappa shape index (κ3) is 4.10. The van der Waals surface area contributed by atoms with Gasteiger partial charge in [0.1, 0.15) is 0 Å². The van der Waals surface area contributed by atoms with Crippen molar-refractivity contribution in [1.82, 2.24) is 20.4 Å². The highest BCUT2D eigenvalue weighted by Gasteiger charge is 2.12. The maximum atomic E-state index is 10.7. The molecule has 0 aliphatic carbocycles. The Balaban J connectivity index is 2.50. The number of aryl methyl sites for hydroxylation is 2. The molecule has 1 aromatic rings. The zero-order valence-corrected chi connectivity index (χ0v) is 12.8. The van der Waals surface area contributed by atoms with E-state index in [9.17, 15) is 4.79 Å². The van der Waals surface area contributed by atoms with Crippen LogP contribution in [0, 0.1) is 0 Å². The molecule has 0 saturated heterocycles. The predicted octanol–water partition coefficient (Wildman–Crippen LogP) is 1.45. The summed E-state index contributed by atoms with van der Waals surface area (Å²) < 4.78 is 3.10. The number of rotatable bonds is 7. The smallest absolute Gasteiger partial charge is 0.216 e. The van der Waals surface area contributed by atoms with E-state index in [1.807, 2.05) is 4.68 Å². The number of carbonyl (C=O) groups is 1. The first-order valence-electron chi connectivity index (χ1n) is 6.29. The Morgan fingerprint density at radius 1 is 1.39 bits per heavy atom. The van der Waals surface area contributed by atoms with Gasteiger partial charge in [-0.25, -0.2) is 0 Å². The fourth-order valence-corrected chi connectivity index (χ4v) is 2.42. The number of hydrogen-bond donors (Lipinski definition) is 2. The molecule has 18 heavy (non-hydrogen) atoms. The Kier molecular flexibility index (Phi) is 6.35. The second-order valence-corrected chi connectivity index (χ2v) is 4.83. The van der Waals surface area contributed by atoms with E-state index in [4.69, 9.17) is 0 Å². The molecule has 1 rings (SSSR count). The van der Waals surface area contributed by atoms with Crippen molar-refractivity contribution in [2.45, 2.75) is 40.3 Å². The third-order valence-corrected chi connectivity index (χ3v) is 3.58. The van der Waals surface area contributed by atoms with E-state index in [1.54, 1.807) is 0 Å². The molecule has 0 aliphatic heterocycles. The van der Waals surface area contributed by atoms with E-state index < -0.39 is 0 Å². The van der Waals surface area contributed by atoms with Crippen LogP contribution in [0.4, 0.5) is 0 Å². The normalized spacial score (nSPS) is 10.7. The molecule has 1 aromatic heterocycles. The molecule has 0 bridgehead atoms. The van der Waals surface area contributed by atoms with E-state index in [1.165, 1.54) is 6.92 Å². The van der Waals surface area contributed by atoms with Crippen LogP contribution in [0.25, 0.3) is 0 Å². The third-order valence-electron chi connectivity index (χ3n) is 2.66. The van der Waals surface area contributed by atoms with Gasteiger partial charge in [-0.1, -0.05) is 6.92 Å². The van der Waals surface area contributed by atoms with Crippen molar-refractivity contribution in [3.8, 4) is 0 Å². The summed E-state index contributed by atoms with van der Waals surface area (Å²) >= 11 is 3.60. The highest BCUT2D eigenvalue weighted by molar-refractivity contribution is 9.10. The lowest BCUT2D eigenvalue weighted by Gasteiger charge is -2.07. The minimum absolute atomic E-state index is 0.00449. The van der Waals surface area contributed by atoms with Crippen LogP contribution in [-0.4, -0.2) is 28.8 Å². The highest BCUT2D eigenvalue weighted by Crippen LogP contribution is 2.21. The SMILES string of the molecule is CCc1nn(CC)c(CNCCNC(C)=O)c1Br. The van der Waals surface area contributed by atoms with Crippen LogP contribution >= 0.6 is 15.9 Å². The molecule has 1 heterocycles. The van der Waals surface area contributed by atoms with Crippen molar-refractivity contribution in [1.29, 1.82) is 0 Å². The van der Waals surface area contributed by atoms with Gasteiger partial charge in [-0.15, -0.1) is 0 Å². The van der Waals surface area contributed by atoms with Crippen LogP contribution < -0.4 is 10.6 Å². The molecule has 0 radical (unpaired) electrons. The average molecular weight is 317 g/mol. The number of nitrogens with zero attached hydrogens (tertiary/aromatic N) is 2. The van der Waals surface area contributed by atoms with Crippen molar-refractivity contribution in [2.75, 3.05) is 13.1 Å². The Bertz CT molecular complexity index is 403. The summed E-state index contributed by atoms with van der Waals surface area (Å²) in [5.74, 6) is 0.00449. The van der Waals surface area contributed by atoms with Gasteiger partial charge in [0.25, 0.3) is 0 Å². The molecule has 0 unspecified atom stereocenters. The molecule has 102 valence electrons. The molecule has 1 amide bonds. The first-order valence-corrected chi connectivity index (χ1v) is 7.08. The van der Waals surface area contributed by atoms with E-state index in [-0.39, 0.29) is 5.91 Å². The fraction of sp³-hybridized carbons (Fsp3) is 0.667. The predicted molar refractivity (Wildman–Crippen MR) is 75.4 cm³/mol. The minimum atomic E-state index is 0.00449. The molecule has 2 N–H and O–H groups in total. The van der Waals surface area contributed by atoms with Crippen molar-refractivity contribution in [3.05, 3.63) is 15.9 Å². The largest absolute Gasteiger partial charge is 0.355 e. The molecular weight excluding hydrogens is 296 g/mol. The van der Waals surface area contributed by atoms with Crippen molar-refractivity contribution < 1.29 is 4.79 Å². The van der Waals surface area contributed by atoms with Crippen molar-refractivity contribution in [3.63, 3.8) is 0 Å². The number of carbonyl (C=O) groups excluding carboxylic acids is 1. The second-order valence-electron chi connectivity index (χ2n) is 4.04. The first-order chi connectivity index (χ1) is 8.60. The summed E-state index contributed by atoms with van der Waals surface area (Å²) in [5.41, 5.74) is 2.26. The van der Waals surface area contributed by atoms with Crippen molar-refractivity contribution in [2.24, 2.45) is 0 Å². The molecule has 0 spiro atoms. The van der Waals surface area contributed by atoms with Crippen LogP contribution in [-0.2, 0) is 24.3 Å². The number of amides is 1. The topological polar surface area (TPSA) is 59.0 Å². The maximum Gasteiger partial charge on any atom is 0.216 e. The fourth-order valence-electron chi connectivity index (χ4n) is 1.72. The van der Waals surface area contributed by atoms with Crippen LogP contribution in [0.3, 0.4) is 0 Å². The van der Waals surface area contributed by atoms with Crippen LogP contribution in [0.1, 0.15) is 32.2 Å². The van der Waals surface area contributed by atoms with E-state index in [0.29, 0.717) is 6.54 Å². The number of halogens is 1. The summed E-state index contributed by atoms with van der Waals surface area (Å²) in [6.45, 7) is 8.72. The summed E-state index contributed by atoms with van der Waals surface area (Å²) in [5, 5.41) is 10.6. The van der Waals surface area contributed by atoms with Crippen LogP contribution in [0.15, 0.2) is 4.47 Å². The summed E-state index contributed by atoms with van der Waals surface area (Å²) in [6.07, 6.45) is 0.923. The zero-order valence-electron chi connectivity index (χ0n) is 11.2. The lowest BCUT2D eigenvalue weighted by atomic mass is 10.3. The molecule has 0 atom stereocenters. The zero-order chi connectivity index (χ0) is 13.5. The average Bonchev–Trinajstić information content (AvgIpc) is 2.65. The monoisotopic (exact) mass is 316 g/mol. The summed E-state index contributed by atoms with van der Waals surface area (Å²) in [7, 11) is 0. The summed E-state index contributed by atoms with van der Waals surface area (Å²) in [6, 6.07) is 0. The van der Waals surface area contributed by atoms with Gasteiger partial charge in [0, 0.05) is 33.1 Å². The van der Waals surface area contributed by atoms with E-state index in [0.717, 1.165) is 41.9 Å². The number of aromatic nitrogens is 2. The van der Waals surface area contributed by atoms with E-state index >= 15 is 0 Å². The van der Waals surface area contributed by atoms with Gasteiger partial charge in [-0.3, -0.25) is 9.48 Å². The van der Waals surface area contributed by atoms with Gasteiger partial charge in [-0.05, 0) is 29.3 Å². The van der Waals surface area contributed by atoms with Gasteiger partial charge in [0.2, 0.25) is 5.91 Å². The summed E-state index contributed by atoms with van der Waals surface area (Å²) in [4.78, 5) is 10.7. The molecule has 0 fully saturated rings. The molecule has 5 nitrogen and oxygen atoms in total. The minimum Gasteiger partial charge on any atom is -0.355 e. The van der Waals surface area contributed by atoms with Gasteiger partial charge < -0.3 is 10.6 Å². The van der Waals surface area contributed by atoms with E-state index in [2.05, 4.69) is 45.5 Å². The lowest BCUT2D eigenvalue weighted by Crippen LogP contribution is -2.30. The van der Waals surface area contributed by atoms with Gasteiger partial charge in [0.05, 0.1) is 15.9 Å². The Hall–Kier alpha value is -0.880. The Morgan fingerprint density at radius 3 is 2.67 bits per heavy atom. The quantitative estimate of drug-likeness (QED) is 0.749. The van der Waals surface area contributed by atoms with Crippen LogP contribution in [0.2, 0.25) is 0 Å². The molecule has 0 aromatic carbocycles. The Labute approximate surface area is 116 Å². The second kappa shape index (κ2) is 7.53. The molecule has 0 aliphatic rings. The standard InChI is InChI=1S/C12H21BrN4O/c1-4-10-12(13)11(17(5-2)16-10)8-14-6-7-15-9(3)18/h14H,4-8H2,1-3H3,(H,15,18). The number of hydrogen-bond acceptors (Lipinski definition) is 3. The molecular formula is C12H21BrN4O. The van der Waals surface area contributed by atoms with Gasteiger partial charge in [-0.2, -0.15) is 5.10 Å². The first kappa shape index (κ1) is 15.2. The number of nitrogens with one attached hydrogen (secondary N) is 2. The molecule has 0 saturated carbocycles. The maximum absolute atomic E-state index is 10.7. The van der Waals surface area contributed by atoms with Crippen molar-refractivity contribution >= 4 is 21.8 Å². The molecule has 6 heteroatoms. The van der Waals surface area contributed by atoms with Gasteiger partial charge in [0.15, 0.2) is 0 Å². The Morgan fingerprint density at radius 2 is 2.11 bits per heavy atom. The lowest BCUT2D eigenvalue weighted by molar-refractivity contribution is -0.118. The highest BCUT2D eigenvalue weighted by atomic mass is 79.9. The van der Waals surface area contributed by atoms with Crippen LogP contribution in [0.5, 0.6) is 0 Å².